The van der Waals surface area contributed by atoms with Crippen LogP contribution in [0.2, 0.25) is 0 Å². The predicted octanol–water partition coefficient (Wildman–Crippen LogP) is 19.7. The van der Waals surface area contributed by atoms with E-state index in [-0.39, 0.29) is 0 Å². The zero-order valence-corrected chi connectivity index (χ0v) is 39.3. The van der Waals surface area contributed by atoms with Crippen molar-refractivity contribution in [2.24, 2.45) is 0 Å². The van der Waals surface area contributed by atoms with Gasteiger partial charge in [0.05, 0.1) is 0 Å². The molecular formula is C69H47NO. The fourth-order valence-electron chi connectivity index (χ4n) is 10.5. The van der Waals surface area contributed by atoms with Crippen LogP contribution in [-0.2, 0) is 0 Å². The SMILES string of the molecule is Cc1c(-c2cccc(-c3ccc(-c4ccc(N(c5ccc(-c6ccc(-c7cccc8ccccc78)cc6)cc5)c5ccc(-c6ccc7c(ccc8ccccc87)c6)cc5)cc4)cc3)c2)oc2ccccc12. The quantitative estimate of drug-likeness (QED) is 0.134. The number of hydrogen-bond donors (Lipinski definition) is 0. The average Bonchev–Trinajstić information content (AvgIpc) is 3.79. The zero-order valence-electron chi connectivity index (χ0n) is 39.3. The van der Waals surface area contributed by atoms with Crippen LogP contribution in [0.3, 0.4) is 0 Å². The number of aryl methyl sites for hydroxylation is 1. The summed E-state index contributed by atoms with van der Waals surface area (Å²) in [5, 5.41) is 8.74. The van der Waals surface area contributed by atoms with Gasteiger partial charge in [0.15, 0.2) is 0 Å². The minimum Gasteiger partial charge on any atom is -0.456 e. The number of anilines is 3. The van der Waals surface area contributed by atoms with Crippen LogP contribution in [0.5, 0.6) is 0 Å². The highest BCUT2D eigenvalue weighted by atomic mass is 16.3. The van der Waals surface area contributed by atoms with Gasteiger partial charge in [0, 0.05) is 33.6 Å². The number of furan rings is 1. The molecule has 0 atom stereocenters. The topological polar surface area (TPSA) is 16.4 Å². The second-order valence-electron chi connectivity index (χ2n) is 18.5. The molecule has 0 radical (unpaired) electrons. The highest BCUT2D eigenvalue weighted by Gasteiger charge is 2.16. The van der Waals surface area contributed by atoms with Crippen LogP contribution in [0, 0.1) is 6.92 Å². The maximum Gasteiger partial charge on any atom is 0.138 e. The molecule has 0 saturated carbocycles. The normalized spacial score (nSPS) is 11.5. The zero-order chi connectivity index (χ0) is 47.3. The number of fused-ring (bicyclic) bond motifs is 5. The monoisotopic (exact) mass is 905 g/mol. The van der Waals surface area contributed by atoms with E-state index in [0.29, 0.717) is 0 Å². The molecule has 0 aliphatic heterocycles. The highest BCUT2D eigenvalue weighted by molar-refractivity contribution is 6.08. The van der Waals surface area contributed by atoms with E-state index in [0.717, 1.165) is 56.0 Å². The van der Waals surface area contributed by atoms with Crippen LogP contribution in [-0.4, -0.2) is 0 Å². The Labute approximate surface area is 414 Å². The minimum atomic E-state index is 0.918. The molecule has 0 spiro atoms. The van der Waals surface area contributed by atoms with Crippen LogP contribution >= 0.6 is 0 Å². The summed E-state index contributed by atoms with van der Waals surface area (Å²) in [6, 6.07) is 96.7. The largest absolute Gasteiger partial charge is 0.456 e. The fourth-order valence-corrected chi connectivity index (χ4v) is 10.5. The molecule has 0 unspecified atom stereocenters. The molecule has 71 heavy (non-hydrogen) atoms. The minimum absolute atomic E-state index is 0.918. The summed E-state index contributed by atoms with van der Waals surface area (Å²) in [7, 11) is 0. The Balaban J connectivity index is 0.805. The van der Waals surface area contributed by atoms with Crippen molar-refractivity contribution in [1.29, 1.82) is 0 Å². The Morgan fingerprint density at radius 2 is 0.676 bits per heavy atom. The number of nitrogens with zero attached hydrogens (tertiary/aromatic N) is 1. The lowest BCUT2D eigenvalue weighted by Gasteiger charge is -2.26. The van der Waals surface area contributed by atoms with Crippen molar-refractivity contribution in [2.75, 3.05) is 4.90 Å². The van der Waals surface area contributed by atoms with Crippen molar-refractivity contribution in [3.8, 4) is 67.0 Å². The van der Waals surface area contributed by atoms with Crippen LogP contribution < -0.4 is 4.90 Å². The van der Waals surface area contributed by atoms with Crippen molar-refractivity contribution in [3.63, 3.8) is 0 Å². The summed E-state index contributed by atoms with van der Waals surface area (Å²) in [5.74, 6) is 0.923. The highest BCUT2D eigenvalue weighted by Crippen LogP contribution is 2.40. The van der Waals surface area contributed by atoms with Gasteiger partial charge in [0.2, 0.25) is 0 Å². The fraction of sp³-hybridized carbons (Fsp3) is 0.0145. The Morgan fingerprint density at radius 1 is 0.268 bits per heavy atom. The third kappa shape index (κ3) is 7.82. The Morgan fingerprint density at radius 3 is 1.28 bits per heavy atom. The van der Waals surface area contributed by atoms with Gasteiger partial charge in [0.25, 0.3) is 0 Å². The maximum absolute atomic E-state index is 6.33. The summed E-state index contributed by atoms with van der Waals surface area (Å²) < 4.78 is 6.33. The predicted molar refractivity (Wildman–Crippen MR) is 301 cm³/mol. The van der Waals surface area contributed by atoms with E-state index in [1.54, 1.807) is 0 Å². The Kier molecular flexibility index (Phi) is 10.4. The molecule has 0 aliphatic carbocycles. The Hall–Kier alpha value is -9.24. The van der Waals surface area contributed by atoms with Gasteiger partial charge in [-0.3, -0.25) is 0 Å². The van der Waals surface area contributed by atoms with Crippen molar-refractivity contribution in [2.45, 2.75) is 6.92 Å². The van der Waals surface area contributed by atoms with Gasteiger partial charge >= 0.3 is 0 Å². The van der Waals surface area contributed by atoms with Gasteiger partial charge in [0.1, 0.15) is 11.3 Å². The summed E-state index contributed by atoms with van der Waals surface area (Å²) >= 11 is 0. The first-order chi connectivity index (χ1) is 35.1. The van der Waals surface area contributed by atoms with Gasteiger partial charge in [-0.1, -0.05) is 212 Å². The summed E-state index contributed by atoms with van der Waals surface area (Å²) in [6.45, 7) is 2.14. The first-order valence-corrected chi connectivity index (χ1v) is 24.4. The maximum atomic E-state index is 6.33. The standard InChI is InChI=1S/C69H47NO/c1-46-63-15-6-7-19-68(63)71-69(46)59-14-8-13-56(45-59)51-22-20-47(21-23-51)49-30-37-60(38-31-49)70(62-41-34-52(35-42-62)57-36-43-67-58(44-57)29-28-54-11-3-5-17-65(54)67)61-39-32-50(33-40-61)48-24-26-55(27-25-48)66-18-9-12-53-10-2-4-16-64(53)66/h2-45H,1H3. The van der Waals surface area contributed by atoms with Gasteiger partial charge in [-0.05, 0) is 149 Å². The molecule has 0 bridgehead atoms. The molecule has 0 amide bonds. The molecule has 0 fully saturated rings. The van der Waals surface area contributed by atoms with Crippen molar-refractivity contribution in [1.82, 2.24) is 0 Å². The number of rotatable bonds is 9. The third-order valence-corrected chi connectivity index (χ3v) is 14.3. The van der Waals surface area contributed by atoms with E-state index < -0.39 is 0 Å². The van der Waals surface area contributed by atoms with Gasteiger partial charge in [-0.25, -0.2) is 0 Å². The van der Waals surface area contributed by atoms with Crippen LogP contribution in [0.1, 0.15) is 5.56 Å². The molecular weight excluding hydrogens is 859 g/mol. The number of para-hydroxylation sites is 1. The molecule has 334 valence electrons. The second kappa shape index (κ2) is 17.7. The van der Waals surface area contributed by atoms with Gasteiger partial charge in [-0.15, -0.1) is 0 Å². The van der Waals surface area contributed by atoms with E-state index in [9.17, 15) is 0 Å². The first kappa shape index (κ1) is 41.9. The first-order valence-electron chi connectivity index (χ1n) is 24.4. The lowest BCUT2D eigenvalue weighted by Crippen LogP contribution is -2.09. The summed E-state index contributed by atoms with van der Waals surface area (Å²) in [4.78, 5) is 2.35. The molecule has 0 N–H and O–H groups in total. The van der Waals surface area contributed by atoms with Crippen molar-refractivity contribution < 1.29 is 4.42 Å². The average molecular weight is 906 g/mol. The van der Waals surface area contributed by atoms with E-state index in [1.807, 2.05) is 12.1 Å². The van der Waals surface area contributed by atoms with Crippen LogP contribution in [0.15, 0.2) is 271 Å². The van der Waals surface area contributed by atoms with Crippen LogP contribution in [0.4, 0.5) is 17.1 Å². The van der Waals surface area contributed by atoms with Gasteiger partial charge in [-0.2, -0.15) is 0 Å². The molecule has 1 heterocycles. The van der Waals surface area contributed by atoms with E-state index in [4.69, 9.17) is 4.42 Å². The molecule has 0 aliphatic rings. The molecule has 13 aromatic rings. The van der Waals surface area contributed by atoms with E-state index >= 15 is 0 Å². The molecule has 2 heteroatoms. The molecule has 1 aromatic heterocycles. The summed E-state index contributed by atoms with van der Waals surface area (Å²) in [5.41, 5.74) is 18.3. The van der Waals surface area contributed by atoms with Crippen molar-refractivity contribution >= 4 is 60.3 Å². The lowest BCUT2D eigenvalue weighted by atomic mass is 9.96. The van der Waals surface area contributed by atoms with Crippen LogP contribution in [0.25, 0.3) is 110 Å². The van der Waals surface area contributed by atoms with Gasteiger partial charge < -0.3 is 9.32 Å². The molecule has 12 aromatic carbocycles. The van der Waals surface area contributed by atoms with E-state index in [1.165, 1.54) is 76.8 Å². The smallest absolute Gasteiger partial charge is 0.138 e. The second-order valence-corrected chi connectivity index (χ2v) is 18.5. The third-order valence-electron chi connectivity index (χ3n) is 14.3. The Bertz CT molecular complexity index is 4060. The molecule has 0 saturated heterocycles. The summed E-state index contributed by atoms with van der Waals surface area (Å²) in [6.07, 6.45) is 0. The molecule has 13 rings (SSSR count). The van der Waals surface area contributed by atoms with Crippen molar-refractivity contribution in [3.05, 3.63) is 272 Å². The number of benzene rings is 12. The molecule has 2 nitrogen and oxygen atoms in total. The lowest BCUT2D eigenvalue weighted by molar-refractivity contribution is 0.629. The number of hydrogen-bond acceptors (Lipinski definition) is 2. The van der Waals surface area contributed by atoms with E-state index in [2.05, 4.69) is 267 Å².